The van der Waals surface area contributed by atoms with Crippen molar-refractivity contribution in [2.75, 3.05) is 6.61 Å². The van der Waals surface area contributed by atoms with Gasteiger partial charge in [0, 0.05) is 28.3 Å². The molecule has 9 heteroatoms. The lowest BCUT2D eigenvalue weighted by molar-refractivity contribution is 0.0737. The molecule has 0 radical (unpaired) electrons. The van der Waals surface area contributed by atoms with E-state index in [9.17, 15) is 18.0 Å². The summed E-state index contributed by atoms with van der Waals surface area (Å²) in [5.74, 6) is -2.10. The Morgan fingerprint density at radius 1 is 1.12 bits per heavy atom. The SMILES string of the molecule is C#CCOc1ccccc1C1SC(c2ccc(Cl)cc2)=NN1C(=O)c1c(F)cc(F)cc1F. The van der Waals surface area contributed by atoms with Gasteiger partial charge in [0.15, 0.2) is 0 Å². The van der Waals surface area contributed by atoms with E-state index in [-0.39, 0.29) is 6.61 Å². The van der Waals surface area contributed by atoms with Crippen molar-refractivity contribution in [1.29, 1.82) is 0 Å². The van der Waals surface area contributed by atoms with Crippen LogP contribution in [0.4, 0.5) is 13.2 Å². The second-order valence-corrected chi connectivity index (χ2v) is 8.31. The van der Waals surface area contributed by atoms with Gasteiger partial charge in [-0.25, -0.2) is 18.2 Å². The highest BCUT2D eigenvalue weighted by atomic mass is 35.5. The number of benzene rings is 3. The number of halogens is 4. The molecular weight excluding hydrogens is 473 g/mol. The minimum absolute atomic E-state index is 0.0194. The van der Waals surface area contributed by atoms with Gasteiger partial charge in [0.2, 0.25) is 0 Å². The second kappa shape index (κ2) is 9.61. The molecule has 0 saturated heterocycles. The number of ether oxygens (including phenoxy) is 1. The lowest BCUT2D eigenvalue weighted by Gasteiger charge is -2.23. The zero-order valence-electron chi connectivity index (χ0n) is 16.8. The number of carbonyl (C=O) groups is 1. The topological polar surface area (TPSA) is 41.9 Å². The van der Waals surface area contributed by atoms with Crippen molar-refractivity contribution in [3.05, 3.63) is 99.8 Å². The molecule has 1 atom stereocenters. The molecule has 3 aromatic carbocycles. The molecular formula is C24H14ClF3N2O2S. The molecule has 1 aliphatic heterocycles. The number of amides is 1. The van der Waals surface area contributed by atoms with Gasteiger partial charge in [-0.15, -0.1) is 6.42 Å². The summed E-state index contributed by atoms with van der Waals surface area (Å²) in [6.07, 6.45) is 5.30. The molecule has 0 saturated carbocycles. The first-order chi connectivity index (χ1) is 15.9. The minimum atomic E-state index is -1.33. The van der Waals surface area contributed by atoms with Gasteiger partial charge in [0.05, 0.1) is 0 Å². The maximum absolute atomic E-state index is 14.4. The van der Waals surface area contributed by atoms with Crippen molar-refractivity contribution in [2.24, 2.45) is 5.10 Å². The van der Waals surface area contributed by atoms with E-state index in [1.54, 1.807) is 48.5 Å². The first-order valence-corrected chi connectivity index (χ1v) is 10.8. The van der Waals surface area contributed by atoms with E-state index in [1.807, 2.05) is 0 Å². The number of terminal acetylenes is 1. The van der Waals surface area contributed by atoms with E-state index in [0.717, 1.165) is 5.01 Å². The Labute approximate surface area is 197 Å². The Hall–Kier alpha value is -3.41. The molecule has 0 bridgehead atoms. The van der Waals surface area contributed by atoms with Gasteiger partial charge in [-0.2, -0.15) is 5.10 Å². The third-order valence-corrected chi connectivity index (χ3v) is 6.13. The lowest BCUT2D eigenvalue weighted by Crippen LogP contribution is -2.28. The van der Waals surface area contributed by atoms with Crippen LogP contribution in [0, 0.1) is 29.8 Å². The van der Waals surface area contributed by atoms with Crippen LogP contribution in [0.2, 0.25) is 5.02 Å². The fraction of sp³-hybridized carbons (Fsp3) is 0.0833. The molecule has 0 aromatic heterocycles. The summed E-state index contributed by atoms with van der Waals surface area (Å²) in [7, 11) is 0. The van der Waals surface area contributed by atoms with Crippen molar-refractivity contribution in [3.63, 3.8) is 0 Å². The number of thioether (sulfide) groups is 1. The Morgan fingerprint density at radius 3 is 2.45 bits per heavy atom. The zero-order chi connectivity index (χ0) is 23.5. The Balaban J connectivity index is 1.80. The Bertz CT molecular complexity index is 1270. The standard InChI is InChI=1S/C24H14ClF3N2O2S/c1-2-11-32-20-6-4-3-5-17(20)24-30(23(31)21-18(27)12-16(26)13-19(21)28)29-22(33-24)14-7-9-15(25)10-8-14/h1,3-10,12-13,24H,11H2. The number of para-hydroxylation sites is 1. The number of hydrogen-bond donors (Lipinski definition) is 0. The van der Waals surface area contributed by atoms with Crippen LogP contribution in [0.3, 0.4) is 0 Å². The molecule has 3 aromatic rings. The summed E-state index contributed by atoms with van der Waals surface area (Å²) in [4.78, 5) is 13.2. The van der Waals surface area contributed by atoms with Crippen molar-refractivity contribution in [2.45, 2.75) is 5.37 Å². The van der Waals surface area contributed by atoms with E-state index in [2.05, 4.69) is 11.0 Å². The molecule has 0 fully saturated rings. The van der Waals surface area contributed by atoms with Crippen LogP contribution >= 0.6 is 23.4 Å². The van der Waals surface area contributed by atoms with E-state index in [0.29, 0.717) is 39.1 Å². The molecule has 1 heterocycles. The van der Waals surface area contributed by atoms with Crippen molar-refractivity contribution in [3.8, 4) is 18.1 Å². The normalized spacial score (nSPS) is 15.2. The minimum Gasteiger partial charge on any atom is -0.481 e. The molecule has 1 amide bonds. The van der Waals surface area contributed by atoms with Gasteiger partial charge >= 0.3 is 0 Å². The molecule has 0 aliphatic carbocycles. The first kappa shape index (κ1) is 22.8. The highest BCUT2D eigenvalue weighted by Gasteiger charge is 2.38. The summed E-state index contributed by atoms with van der Waals surface area (Å²) in [5, 5.41) is 5.39. The van der Waals surface area contributed by atoms with Crippen LogP contribution in [0.1, 0.15) is 26.9 Å². The molecule has 0 N–H and O–H groups in total. The summed E-state index contributed by atoms with van der Waals surface area (Å²) < 4.78 is 47.8. The Kier molecular flexibility index (Phi) is 6.63. The molecule has 1 aliphatic rings. The summed E-state index contributed by atoms with van der Waals surface area (Å²) in [6.45, 7) is -0.0194. The van der Waals surface area contributed by atoms with Crippen LogP contribution in [-0.2, 0) is 0 Å². The predicted octanol–water partition coefficient (Wildman–Crippen LogP) is 6.02. The van der Waals surface area contributed by atoms with Crippen molar-refractivity contribution < 1.29 is 22.7 Å². The van der Waals surface area contributed by atoms with Crippen LogP contribution in [-0.4, -0.2) is 22.6 Å². The second-order valence-electron chi connectivity index (χ2n) is 6.81. The van der Waals surface area contributed by atoms with Crippen LogP contribution in [0.15, 0.2) is 65.8 Å². The summed E-state index contributed by atoms with van der Waals surface area (Å²) >= 11 is 7.14. The number of rotatable bonds is 5. The van der Waals surface area contributed by atoms with E-state index in [1.165, 1.54) is 11.8 Å². The third kappa shape index (κ3) is 4.70. The fourth-order valence-corrected chi connectivity index (χ4v) is 4.50. The molecule has 1 unspecified atom stereocenters. The number of hydrogen-bond acceptors (Lipinski definition) is 4. The number of nitrogens with zero attached hydrogens (tertiary/aromatic N) is 2. The highest BCUT2D eigenvalue weighted by Crippen LogP contribution is 2.45. The van der Waals surface area contributed by atoms with Crippen molar-refractivity contribution >= 4 is 34.3 Å². The van der Waals surface area contributed by atoms with Gasteiger partial charge < -0.3 is 4.74 Å². The molecule has 0 spiro atoms. The van der Waals surface area contributed by atoms with Gasteiger partial charge in [0.1, 0.15) is 45.8 Å². The van der Waals surface area contributed by atoms with Gasteiger partial charge in [-0.1, -0.05) is 59.6 Å². The first-order valence-electron chi connectivity index (χ1n) is 9.53. The van der Waals surface area contributed by atoms with E-state index in [4.69, 9.17) is 22.8 Å². The molecule has 166 valence electrons. The smallest absolute Gasteiger partial charge is 0.281 e. The molecule has 33 heavy (non-hydrogen) atoms. The average Bonchev–Trinajstić information content (AvgIpc) is 3.23. The van der Waals surface area contributed by atoms with Gasteiger partial charge in [0.25, 0.3) is 5.91 Å². The Morgan fingerprint density at radius 2 is 1.79 bits per heavy atom. The number of hydrazone groups is 1. The quantitative estimate of drug-likeness (QED) is 0.414. The maximum atomic E-state index is 14.4. The summed E-state index contributed by atoms with van der Waals surface area (Å²) in [6, 6.07) is 14.4. The molecule has 4 rings (SSSR count). The van der Waals surface area contributed by atoms with Gasteiger partial charge in [-0.05, 0) is 18.2 Å². The van der Waals surface area contributed by atoms with E-state index >= 15 is 0 Å². The largest absolute Gasteiger partial charge is 0.481 e. The van der Waals surface area contributed by atoms with Crippen molar-refractivity contribution in [1.82, 2.24) is 5.01 Å². The summed E-state index contributed by atoms with van der Waals surface area (Å²) in [5.41, 5.74) is 0.249. The zero-order valence-corrected chi connectivity index (χ0v) is 18.3. The predicted molar refractivity (Wildman–Crippen MR) is 122 cm³/mol. The number of carbonyl (C=O) groups excluding carboxylic acids is 1. The monoisotopic (exact) mass is 486 g/mol. The fourth-order valence-electron chi connectivity index (χ4n) is 3.19. The highest BCUT2D eigenvalue weighted by molar-refractivity contribution is 8.14. The van der Waals surface area contributed by atoms with Crippen LogP contribution in [0.5, 0.6) is 5.75 Å². The lowest BCUT2D eigenvalue weighted by atomic mass is 10.1. The van der Waals surface area contributed by atoms with Crippen LogP contribution < -0.4 is 4.74 Å². The average molecular weight is 487 g/mol. The molecule has 4 nitrogen and oxygen atoms in total. The van der Waals surface area contributed by atoms with Crippen LogP contribution in [0.25, 0.3) is 0 Å². The maximum Gasteiger partial charge on any atom is 0.281 e. The van der Waals surface area contributed by atoms with E-state index < -0.39 is 34.3 Å². The third-order valence-electron chi connectivity index (χ3n) is 4.66. The van der Waals surface area contributed by atoms with Gasteiger partial charge in [-0.3, -0.25) is 4.79 Å².